The molecular weight excluding hydrogens is 408 g/mol. The molecule has 0 spiro atoms. The lowest BCUT2D eigenvalue weighted by Crippen LogP contribution is -2.27. The van der Waals surface area contributed by atoms with Gasteiger partial charge < -0.3 is 5.32 Å². The van der Waals surface area contributed by atoms with Crippen LogP contribution >= 0.6 is 0 Å². The van der Waals surface area contributed by atoms with Crippen molar-refractivity contribution < 1.29 is 13.2 Å². The van der Waals surface area contributed by atoms with Crippen LogP contribution in [0.25, 0.3) is 0 Å². The maximum absolute atomic E-state index is 12.8. The van der Waals surface area contributed by atoms with Crippen molar-refractivity contribution in [3.05, 3.63) is 94.0 Å². The average molecular weight is 437 g/mol. The number of amides is 1. The Kier molecular flexibility index (Phi) is 6.51. The van der Waals surface area contributed by atoms with E-state index in [0.717, 1.165) is 16.7 Å². The summed E-state index contributed by atoms with van der Waals surface area (Å²) < 4.78 is 28.1. The van der Waals surface area contributed by atoms with E-state index in [0.29, 0.717) is 11.3 Å². The summed E-state index contributed by atoms with van der Waals surface area (Å²) >= 11 is 0. The van der Waals surface area contributed by atoms with E-state index in [1.807, 2.05) is 39.8 Å². The van der Waals surface area contributed by atoms with Crippen LogP contribution in [-0.4, -0.2) is 14.3 Å². The highest BCUT2D eigenvalue weighted by molar-refractivity contribution is 7.92. The van der Waals surface area contributed by atoms with Gasteiger partial charge in [-0.1, -0.05) is 42.0 Å². The zero-order valence-electron chi connectivity index (χ0n) is 18.5. The number of nitrogens with one attached hydrogen (secondary N) is 2. The molecule has 6 heteroatoms. The Labute approximate surface area is 184 Å². The van der Waals surface area contributed by atoms with Gasteiger partial charge in [-0.2, -0.15) is 0 Å². The number of hydrogen-bond donors (Lipinski definition) is 2. The summed E-state index contributed by atoms with van der Waals surface area (Å²) in [6.07, 6.45) is 0. The van der Waals surface area contributed by atoms with Crippen LogP contribution in [0.2, 0.25) is 0 Å². The minimum absolute atomic E-state index is 0.177. The van der Waals surface area contributed by atoms with E-state index < -0.39 is 10.0 Å². The number of benzene rings is 3. The fourth-order valence-corrected chi connectivity index (χ4v) is 4.31. The summed E-state index contributed by atoms with van der Waals surface area (Å²) in [5, 5.41) is 2.99. The van der Waals surface area contributed by atoms with Gasteiger partial charge in [-0.05, 0) is 81.1 Å². The Morgan fingerprint density at radius 2 is 1.45 bits per heavy atom. The van der Waals surface area contributed by atoms with Gasteiger partial charge in [0.25, 0.3) is 15.9 Å². The lowest BCUT2D eigenvalue weighted by molar-refractivity contribution is 0.0940. The van der Waals surface area contributed by atoms with Gasteiger partial charge in [-0.3, -0.25) is 9.52 Å². The molecule has 3 aromatic carbocycles. The molecule has 162 valence electrons. The maximum atomic E-state index is 12.8. The zero-order valence-corrected chi connectivity index (χ0v) is 19.3. The number of rotatable bonds is 6. The average Bonchev–Trinajstić information content (AvgIpc) is 2.71. The Bertz CT molecular complexity index is 1220. The molecule has 0 aliphatic heterocycles. The quantitative estimate of drug-likeness (QED) is 0.557. The van der Waals surface area contributed by atoms with Gasteiger partial charge >= 0.3 is 0 Å². The molecular formula is C25H28N2O3S. The second kappa shape index (κ2) is 8.94. The van der Waals surface area contributed by atoms with E-state index in [1.54, 1.807) is 49.4 Å². The maximum Gasteiger partial charge on any atom is 0.261 e. The van der Waals surface area contributed by atoms with Crippen molar-refractivity contribution in [1.29, 1.82) is 0 Å². The number of carbonyl (C=O) groups is 1. The molecule has 0 saturated heterocycles. The fourth-order valence-electron chi connectivity index (χ4n) is 3.19. The summed E-state index contributed by atoms with van der Waals surface area (Å²) in [6, 6.07) is 17.6. The molecule has 0 unspecified atom stereocenters. The van der Waals surface area contributed by atoms with E-state index in [4.69, 9.17) is 0 Å². The Morgan fingerprint density at radius 1 is 0.806 bits per heavy atom. The molecule has 3 rings (SSSR count). The highest BCUT2D eigenvalue weighted by Crippen LogP contribution is 2.23. The molecule has 0 aliphatic carbocycles. The summed E-state index contributed by atoms with van der Waals surface area (Å²) in [5.74, 6) is -0.262. The van der Waals surface area contributed by atoms with E-state index in [-0.39, 0.29) is 16.8 Å². The molecule has 0 aromatic heterocycles. The van der Waals surface area contributed by atoms with Crippen molar-refractivity contribution in [3.8, 4) is 0 Å². The number of carbonyl (C=O) groups excluding carboxylic acids is 1. The van der Waals surface area contributed by atoms with Gasteiger partial charge in [-0.25, -0.2) is 8.42 Å². The van der Waals surface area contributed by atoms with Crippen LogP contribution in [0.4, 0.5) is 5.69 Å². The topological polar surface area (TPSA) is 75.3 Å². The van der Waals surface area contributed by atoms with Crippen LogP contribution in [0.3, 0.4) is 0 Å². The van der Waals surface area contributed by atoms with Crippen molar-refractivity contribution in [2.45, 2.75) is 45.6 Å². The second-order valence-electron chi connectivity index (χ2n) is 7.99. The first-order valence-corrected chi connectivity index (χ1v) is 11.6. The standard InChI is InChI=1S/C25H28N2O3S/c1-16-6-12-23(13-7-16)31(29,30)27-24-15-22(11-9-18(24)3)25(28)26-20(5)21-10-8-17(2)19(4)14-21/h6-15,20,27H,1-5H3,(H,26,28)/t20-/m0/s1. The third-order valence-corrected chi connectivity index (χ3v) is 6.84. The number of anilines is 1. The number of sulfonamides is 1. The van der Waals surface area contributed by atoms with Crippen LogP contribution in [-0.2, 0) is 10.0 Å². The van der Waals surface area contributed by atoms with Crippen molar-refractivity contribution in [3.63, 3.8) is 0 Å². The minimum atomic E-state index is -3.75. The first-order chi connectivity index (χ1) is 14.6. The van der Waals surface area contributed by atoms with Gasteiger partial charge in [0.15, 0.2) is 0 Å². The van der Waals surface area contributed by atoms with Crippen LogP contribution in [0, 0.1) is 27.7 Å². The number of hydrogen-bond acceptors (Lipinski definition) is 3. The molecule has 1 atom stereocenters. The monoisotopic (exact) mass is 436 g/mol. The van der Waals surface area contributed by atoms with Gasteiger partial charge in [0.05, 0.1) is 16.6 Å². The molecule has 0 heterocycles. The molecule has 0 radical (unpaired) electrons. The van der Waals surface area contributed by atoms with Crippen LogP contribution < -0.4 is 10.0 Å². The van der Waals surface area contributed by atoms with Gasteiger partial charge in [-0.15, -0.1) is 0 Å². The zero-order chi connectivity index (χ0) is 22.8. The van der Waals surface area contributed by atoms with Crippen LogP contribution in [0.1, 0.15) is 51.1 Å². The van der Waals surface area contributed by atoms with E-state index >= 15 is 0 Å². The lowest BCUT2D eigenvalue weighted by Gasteiger charge is -2.17. The SMILES string of the molecule is Cc1ccc(S(=O)(=O)Nc2cc(C(=O)N[C@@H](C)c3ccc(C)c(C)c3)ccc2C)cc1. The second-order valence-corrected chi connectivity index (χ2v) is 9.67. The smallest absolute Gasteiger partial charge is 0.261 e. The third kappa shape index (κ3) is 5.33. The van der Waals surface area contributed by atoms with Crippen molar-refractivity contribution in [2.75, 3.05) is 4.72 Å². The number of aryl methyl sites for hydroxylation is 4. The Balaban J connectivity index is 1.80. The van der Waals surface area contributed by atoms with Gasteiger partial charge in [0, 0.05) is 5.56 Å². The molecule has 0 aliphatic rings. The van der Waals surface area contributed by atoms with Crippen molar-refractivity contribution in [1.82, 2.24) is 5.32 Å². The molecule has 0 fully saturated rings. The summed E-state index contributed by atoms with van der Waals surface area (Å²) in [5.41, 5.74) is 5.87. The highest BCUT2D eigenvalue weighted by atomic mass is 32.2. The fraction of sp³-hybridized carbons (Fsp3) is 0.240. The summed E-state index contributed by atoms with van der Waals surface area (Å²) in [6.45, 7) is 9.71. The molecule has 5 nitrogen and oxygen atoms in total. The van der Waals surface area contributed by atoms with Crippen molar-refractivity contribution in [2.24, 2.45) is 0 Å². The Hall–Kier alpha value is -3.12. The minimum Gasteiger partial charge on any atom is -0.346 e. The van der Waals surface area contributed by atoms with E-state index in [1.165, 1.54) is 11.1 Å². The molecule has 0 saturated carbocycles. The molecule has 31 heavy (non-hydrogen) atoms. The van der Waals surface area contributed by atoms with Gasteiger partial charge in [0.1, 0.15) is 0 Å². The Morgan fingerprint density at radius 3 is 2.10 bits per heavy atom. The summed E-state index contributed by atoms with van der Waals surface area (Å²) in [4.78, 5) is 13.0. The first-order valence-electron chi connectivity index (χ1n) is 10.1. The molecule has 0 bridgehead atoms. The first kappa shape index (κ1) is 22.6. The molecule has 2 N–H and O–H groups in total. The molecule has 3 aromatic rings. The molecule has 1 amide bonds. The van der Waals surface area contributed by atoms with E-state index in [2.05, 4.69) is 16.1 Å². The van der Waals surface area contributed by atoms with Crippen molar-refractivity contribution >= 4 is 21.6 Å². The van der Waals surface area contributed by atoms with E-state index in [9.17, 15) is 13.2 Å². The highest BCUT2D eigenvalue weighted by Gasteiger charge is 2.18. The van der Waals surface area contributed by atoms with Crippen LogP contribution in [0.15, 0.2) is 65.6 Å². The van der Waals surface area contributed by atoms with Gasteiger partial charge in [0.2, 0.25) is 0 Å². The lowest BCUT2D eigenvalue weighted by atomic mass is 10.0. The predicted molar refractivity (Wildman–Crippen MR) is 125 cm³/mol. The normalized spacial score (nSPS) is 12.3. The summed E-state index contributed by atoms with van der Waals surface area (Å²) in [7, 11) is -3.75. The third-order valence-electron chi connectivity index (χ3n) is 5.45. The van der Waals surface area contributed by atoms with Crippen LogP contribution in [0.5, 0.6) is 0 Å². The largest absolute Gasteiger partial charge is 0.346 e. The predicted octanol–water partition coefficient (Wildman–Crippen LogP) is 5.21.